The number of hydrogen-bond donors (Lipinski definition) is 1. The summed E-state index contributed by atoms with van der Waals surface area (Å²) in [6.07, 6.45) is 3.33. The summed E-state index contributed by atoms with van der Waals surface area (Å²) < 4.78 is 5.50. The molecule has 0 fully saturated rings. The van der Waals surface area contributed by atoms with Gasteiger partial charge in [-0.3, -0.25) is 0 Å². The lowest BCUT2D eigenvalue weighted by atomic mass is 9.98. The van der Waals surface area contributed by atoms with Crippen LogP contribution >= 0.6 is 11.6 Å². The summed E-state index contributed by atoms with van der Waals surface area (Å²) in [5.74, 6) is 1.52. The molecule has 0 aliphatic carbocycles. The normalized spacial score (nSPS) is 12.5. The minimum Gasteiger partial charge on any atom is -0.491 e. The van der Waals surface area contributed by atoms with E-state index in [9.17, 15) is 0 Å². The molecule has 3 heteroatoms. The molecular formula is C14H21ClO2. The van der Waals surface area contributed by atoms with Crippen molar-refractivity contribution in [1.82, 2.24) is 0 Å². The van der Waals surface area contributed by atoms with E-state index in [4.69, 9.17) is 21.4 Å². The van der Waals surface area contributed by atoms with Gasteiger partial charge in [0.05, 0.1) is 6.61 Å². The number of rotatable bonds is 7. The fourth-order valence-electron chi connectivity index (χ4n) is 1.63. The van der Waals surface area contributed by atoms with Crippen LogP contribution in [0.1, 0.15) is 32.3 Å². The molecule has 0 saturated heterocycles. The zero-order chi connectivity index (χ0) is 12.7. The number of hydrogen-bond acceptors (Lipinski definition) is 2. The largest absolute Gasteiger partial charge is 0.491 e. The highest BCUT2D eigenvalue weighted by Gasteiger charge is 2.07. The van der Waals surface area contributed by atoms with Crippen molar-refractivity contribution in [3.8, 4) is 5.75 Å². The van der Waals surface area contributed by atoms with E-state index in [2.05, 4.69) is 13.8 Å². The van der Waals surface area contributed by atoms with Crippen LogP contribution in [-0.2, 0) is 6.42 Å². The number of benzene rings is 1. The lowest BCUT2D eigenvalue weighted by Crippen LogP contribution is -2.05. The smallest absolute Gasteiger partial charge is 0.124 e. The van der Waals surface area contributed by atoms with Gasteiger partial charge in [-0.1, -0.05) is 37.9 Å². The van der Waals surface area contributed by atoms with Gasteiger partial charge in [-0.15, -0.1) is 0 Å². The SMILES string of the molecule is CCC(C)CCc1ccc(Cl)cc1OCCO. The molecule has 1 atom stereocenters. The van der Waals surface area contributed by atoms with E-state index in [0.29, 0.717) is 11.6 Å². The Morgan fingerprint density at radius 2 is 2.18 bits per heavy atom. The van der Waals surface area contributed by atoms with Crippen molar-refractivity contribution in [2.24, 2.45) is 5.92 Å². The summed E-state index contributed by atoms with van der Waals surface area (Å²) in [7, 11) is 0. The van der Waals surface area contributed by atoms with Gasteiger partial charge in [-0.05, 0) is 36.5 Å². The molecule has 1 unspecified atom stereocenters. The van der Waals surface area contributed by atoms with E-state index < -0.39 is 0 Å². The monoisotopic (exact) mass is 256 g/mol. The van der Waals surface area contributed by atoms with Gasteiger partial charge in [0.15, 0.2) is 0 Å². The first kappa shape index (κ1) is 14.3. The fraction of sp³-hybridized carbons (Fsp3) is 0.571. The Morgan fingerprint density at radius 3 is 2.82 bits per heavy atom. The van der Waals surface area contributed by atoms with Crippen LogP contribution in [0, 0.1) is 5.92 Å². The first-order valence-corrected chi connectivity index (χ1v) is 6.57. The summed E-state index contributed by atoms with van der Waals surface area (Å²) in [5.41, 5.74) is 1.17. The van der Waals surface area contributed by atoms with E-state index in [1.165, 1.54) is 12.0 Å². The Balaban J connectivity index is 2.68. The quantitative estimate of drug-likeness (QED) is 0.806. The standard InChI is InChI=1S/C14H21ClO2/c1-3-11(2)4-5-12-6-7-13(15)10-14(12)17-9-8-16/h6-7,10-11,16H,3-5,8-9H2,1-2H3. The Bertz CT molecular complexity index is 339. The number of aliphatic hydroxyl groups is 1. The molecule has 1 aromatic rings. The Hall–Kier alpha value is -0.730. The molecular weight excluding hydrogens is 236 g/mol. The zero-order valence-electron chi connectivity index (χ0n) is 10.6. The summed E-state index contributed by atoms with van der Waals surface area (Å²) in [4.78, 5) is 0. The first-order chi connectivity index (χ1) is 8.17. The topological polar surface area (TPSA) is 29.5 Å². The van der Waals surface area contributed by atoms with E-state index in [0.717, 1.165) is 24.5 Å². The molecule has 1 aromatic carbocycles. The second kappa shape index (κ2) is 7.57. The van der Waals surface area contributed by atoms with Gasteiger partial charge in [0.1, 0.15) is 12.4 Å². The van der Waals surface area contributed by atoms with Crippen molar-refractivity contribution in [1.29, 1.82) is 0 Å². The van der Waals surface area contributed by atoms with Crippen molar-refractivity contribution in [2.45, 2.75) is 33.1 Å². The lowest BCUT2D eigenvalue weighted by Gasteiger charge is -2.13. The summed E-state index contributed by atoms with van der Waals surface area (Å²) in [6.45, 7) is 4.80. The van der Waals surface area contributed by atoms with Crippen molar-refractivity contribution < 1.29 is 9.84 Å². The highest BCUT2D eigenvalue weighted by Crippen LogP contribution is 2.26. The molecule has 0 radical (unpaired) electrons. The molecule has 0 heterocycles. The van der Waals surface area contributed by atoms with Crippen LogP contribution in [0.2, 0.25) is 5.02 Å². The number of aryl methyl sites for hydroxylation is 1. The first-order valence-electron chi connectivity index (χ1n) is 6.19. The maximum atomic E-state index is 8.79. The van der Waals surface area contributed by atoms with Crippen LogP contribution in [0.3, 0.4) is 0 Å². The molecule has 0 aliphatic heterocycles. The molecule has 1 N–H and O–H groups in total. The van der Waals surface area contributed by atoms with Gasteiger partial charge in [0, 0.05) is 5.02 Å². The number of halogens is 1. The van der Waals surface area contributed by atoms with E-state index in [-0.39, 0.29) is 6.61 Å². The van der Waals surface area contributed by atoms with Crippen LogP contribution in [0.15, 0.2) is 18.2 Å². The van der Waals surface area contributed by atoms with Crippen molar-refractivity contribution >= 4 is 11.6 Å². The average Bonchev–Trinajstić information content (AvgIpc) is 2.34. The minimum atomic E-state index is 0.0251. The fourth-order valence-corrected chi connectivity index (χ4v) is 1.79. The maximum Gasteiger partial charge on any atom is 0.124 e. The van der Waals surface area contributed by atoms with Gasteiger partial charge in [-0.2, -0.15) is 0 Å². The summed E-state index contributed by atoms with van der Waals surface area (Å²) in [6, 6.07) is 5.72. The minimum absolute atomic E-state index is 0.0251. The van der Waals surface area contributed by atoms with Gasteiger partial charge in [0.2, 0.25) is 0 Å². The molecule has 0 amide bonds. The highest BCUT2D eigenvalue weighted by molar-refractivity contribution is 6.30. The van der Waals surface area contributed by atoms with Crippen LogP contribution in [-0.4, -0.2) is 18.3 Å². The van der Waals surface area contributed by atoms with Gasteiger partial charge >= 0.3 is 0 Å². The van der Waals surface area contributed by atoms with Crippen molar-refractivity contribution in [2.75, 3.05) is 13.2 Å². The second-order valence-electron chi connectivity index (χ2n) is 4.38. The van der Waals surface area contributed by atoms with Crippen LogP contribution < -0.4 is 4.74 Å². The highest BCUT2D eigenvalue weighted by atomic mass is 35.5. The van der Waals surface area contributed by atoms with Gasteiger partial charge in [-0.25, -0.2) is 0 Å². The maximum absolute atomic E-state index is 8.79. The van der Waals surface area contributed by atoms with Crippen LogP contribution in [0.25, 0.3) is 0 Å². The average molecular weight is 257 g/mol. The van der Waals surface area contributed by atoms with Crippen molar-refractivity contribution in [3.63, 3.8) is 0 Å². The van der Waals surface area contributed by atoms with Crippen LogP contribution in [0.5, 0.6) is 5.75 Å². The lowest BCUT2D eigenvalue weighted by molar-refractivity contribution is 0.200. The van der Waals surface area contributed by atoms with E-state index in [1.54, 1.807) is 0 Å². The molecule has 0 aliphatic rings. The van der Waals surface area contributed by atoms with Gasteiger partial charge in [0.25, 0.3) is 0 Å². The molecule has 0 aromatic heterocycles. The summed E-state index contributed by atoms with van der Waals surface area (Å²) in [5, 5.41) is 9.46. The third-order valence-corrected chi connectivity index (χ3v) is 3.22. The number of ether oxygens (including phenoxy) is 1. The third kappa shape index (κ3) is 4.97. The second-order valence-corrected chi connectivity index (χ2v) is 4.81. The van der Waals surface area contributed by atoms with Crippen molar-refractivity contribution in [3.05, 3.63) is 28.8 Å². The Kier molecular flexibility index (Phi) is 6.38. The molecule has 1 rings (SSSR count). The molecule has 0 bridgehead atoms. The molecule has 96 valence electrons. The third-order valence-electron chi connectivity index (χ3n) is 2.98. The van der Waals surface area contributed by atoms with E-state index in [1.807, 2.05) is 18.2 Å². The predicted octanol–water partition coefficient (Wildman–Crippen LogP) is 3.69. The predicted molar refractivity (Wildman–Crippen MR) is 71.8 cm³/mol. The van der Waals surface area contributed by atoms with Gasteiger partial charge < -0.3 is 9.84 Å². The van der Waals surface area contributed by atoms with E-state index >= 15 is 0 Å². The Labute approximate surface area is 109 Å². The number of aliphatic hydroxyl groups excluding tert-OH is 1. The van der Waals surface area contributed by atoms with Crippen LogP contribution in [0.4, 0.5) is 0 Å². The molecule has 0 spiro atoms. The molecule has 0 saturated carbocycles. The summed E-state index contributed by atoms with van der Waals surface area (Å²) >= 11 is 5.94. The molecule has 2 nitrogen and oxygen atoms in total. The zero-order valence-corrected chi connectivity index (χ0v) is 11.3. The molecule has 17 heavy (non-hydrogen) atoms. The Morgan fingerprint density at radius 1 is 1.41 bits per heavy atom.